The van der Waals surface area contributed by atoms with Gasteiger partial charge in [0, 0.05) is 16.6 Å². The molecule has 0 saturated heterocycles. The normalized spacial score (nSPS) is 16.4. The Morgan fingerprint density at radius 1 is 1.32 bits per heavy atom. The summed E-state index contributed by atoms with van der Waals surface area (Å²) in [6.45, 7) is 2.20. The SMILES string of the molecule is C[C@@H](c1cccs1)N(C(=S)Nc1ccc(F)c(Cl)c1)C1CCCCC1. The summed E-state index contributed by atoms with van der Waals surface area (Å²) in [4.78, 5) is 3.62. The summed E-state index contributed by atoms with van der Waals surface area (Å²) in [5.74, 6) is -0.422. The number of hydrogen-bond acceptors (Lipinski definition) is 2. The molecular weight excluding hydrogens is 375 g/mol. The van der Waals surface area contributed by atoms with Gasteiger partial charge in [-0.1, -0.05) is 36.9 Å². The molecule has 2 aromatic rings. The summed E-state index contributed by atoms with van der Waals surface area (Å²) in [6.07, 6.45) is 6.08. The van der Waals surface area contributed by atoms with Crippen molar-refractivity contribution >= 4 is 46.0 Å². The largest absolute Gasteiger partial charge is 0.338 e. The maximum absolute atomic E-state index is 13.4. The Bertz CT molecular complexity index is 714. The maximum Gasteiger partial charge on any atom is 0.174 e. The van der Waals surface area contributed by atoms with E-state index in [0.717, 1.165) is 18.5 Å². The number of nitrogens with one attached hydrogen (secondary N) is 1. The first-order valence-corrected chi connectivity index (χ1v) is 10.3. The molecule has 1 aromatic heterocycles. The lowest BCUT2D eigenvalue weighted by molar-refractivity contribution is 0.205. The third kappa shape index (κ3) is 4.52. The lowest BCUT2D eigenvalue weighted by atomic mass is 9.93. The zero-order valence-electron chi connectivity index (χ0n) is 14.2. The van der Waals surface area contributed by atoms with Crippen molar-refractivity contribution in [2.24, 2.45) is 0 Å². The van der Waals surface area contributed by atoms with Crippen LogP contribution in [0.3, 0.4) is 0 Å². The van der Waals surface area contributed by atoms with E-state index < -0.39 is 5.82 Å². The van der Waals surface area contributed by atoms with Crippen molar-refractivity contribution in [2.75, 3.05) is 5.32 Å². The Hall–Kier alpha value is -1.17. The fraction of sp³-hybridized carbons (Fsp3) is 0.421. The van der Waals surface area contributed by atoms with E-state index in [0.29, 0.717) is 11.2 Å². The van der Waals surface area contributed by atoms with Gasteiger partial charge in [-0.3, -0.25) is 0 Å². The van der Waals surface area contributed by atoms with Gasteiger partial charge in [-0.2, -0.15) is 0 Å². The first-order chi connectivity index (χ1) is 12.1. The highest BCUT2D eigenvalue weighted by Gasteiger charge is 2.28. The van der Waals surface area contributed by atoms with Gasteiger partial charge in [-0.25, -0.2) is 4.39 Å². The van der Waals surface area contributed by atoms with E-state index in [1.165, 1.54) is 30.2 Å². The van der Waals surface area contributed by atoms with Gasteiger partial charge < -0.3 is 10.2 Å². The molecule has 1 aliphatic rings. The minimum atomic E-state index is -0.422. The number of nitrogens with zero attached hydrogens (tertiary/aromatic N) is 1. The van der Waals surface area contributed by atoms with Gasteiger partial charge in [0.15, 0.2) is 5.11 Å². The topological polar surface area (TPSA) is 15.3 Å². The Morgan fingerprint density at radius 3 is 2.72 bits per heavy atom. The molecule has 1 fully saturated rings. The maximum atomic E-state index is 13.4. The number of thiophene rings is 1. The lowest BCUT2D eigenvalue weighted by Gasteiger charge is -2.40. The van der Waals surface area contributed by atoms with Crippen LogP contribution in [-0.4, -0.2) is 16.1 Å². The van der Waals surface area contributed by atoms with Crippen molar-refractivity contribution in [2.45, 2.75) is 51.1 Å². The van der Waals surface area contributed by atoms with Crippen LogP contribution >= 0.6 is 35.2 Å². The van der Waals surface area contributed by atoms with Crippen molar-refractivity contribution in [1.29, 1.82) is 0 Å². The fourth-order valence-corrected chi connectivity index (χ4v) is 4.83. The fourth-order valence-electron chi connectivity index (χ4n) is 3.45. The number of rotatable bonds is 4. The Kier molecular flexibility index (Phi) is 6.31. The highest BCUT2D eigenvalue weighted by Crippen LogP contribution is 2.33. The molecule has 0 amide bonds. The van der Waals surface area contributed by atoms with E-state index in [1.54, 1.807) is 23.5 Å². The van der Waals surface area contributed by atoms with Gasteiger partial charge in [0.2, 0.25) is 0 Å². The zero-order chi connectivity index (χ0) is 17.8. The summed E-state index contributed by atoms with van der Waals surface area (Å²) in [5.41, 5.74) is 0.718. The molecule has 0 aliphatic heterocycles. The van der Waals surface area contributed by atoms with E-state index in [1.807, 2.05) is 0 Å². The van der Waals surface area contributed by atoms with Gasteiger partial charge in [-0.15, -0.1) is 11.3 Å². The van der Waals surface area contributed by atoms with E-state index in [2.05, 4.69) is 34.7 Å². The zero-order valence-corrected chi connectivity index (χ0v) is 16.6. The number of hydrogen-bond donors (Lipinski definition) is 1. The molecule has 6 heteroatoms. The van der Waals surface area contributed by atoms with Crippen molar-refractivity contribution in [3.63, 3.8) is 0 Å². The molecular formula is C19H22ClFN2S2. The van der Waals surface area contributed by atoms with Crippen LogP contribution in [0.2, 0.25) is 5.02 Å². The molecule has 1 saturated carbocycles. The van der Waals surface area contributed by atoms with Crippen molar-refractivity contribution < 1.29 is 4.39 Å². The molecule has 25 heavy (non-hydrogen) atoms. The molecule has 3 rings (SSSR count). The molecule has 0 bridgehead atoms. The van der Waals surface area contributed by atoms with E-state index in [4.69, 9.17) is 23.8 Å². The standard InChI is InChI=1S/C19H22ClFN2S2/c1-13(18-8-5-11-25-18)23(15-6-3-2-4-7-15)19(24)22-14-9-10-17(21)16(20)12-14/h5,8-13,15H,2-4,6-7H2,1H3,(H,22,24)/t13-/m0/s1. The van der Waals surface area contributed by atoms with Gasteiger partial charge in [-0.05, 0) is 61.6 Å². The highest BCUT2D eigenvalue weighted by molar-refractivity contribution is 7.80. The minimum Gasteiger partial charge on any atom is -0.338 e. The summed E-state index contributed by atoms with van der Waals surface area (Å²) < 4.78 is 13.4. The minimum absolute atomic E-state index is 0.100. The monoisotopic (exact) mass is 396 g/mol. The van der Waals surface area contributed by atoms with Gasteiger partial charge in [0.1, 0.15) is 5.82 Å². The molecule has 1 aliphatic carbocycles. The van der Waals surface area contributed by atoms with Crippen LogP contribution in [0.5, 0.6) is 0 Å². The summed E-state index contributed by atoms with van der Waals surface area (Å²) in [5, 5.41) is 6.14. The highest BCUT2D eigenvalue weighted by atomic mass is 35.5. The van der Waals surface area contributed by atoms with Gasteiger partial charge in [0.05, 0.1) is 11.1 Å². The van der Waals surface area contributed by atoms with Crippen molar-refractivity contribution in [3.8, 4) is 0 Å². The number of thiocarbonyl (C=S) groups is 1. The predicted octanol–water partition coefficient (Wildman–Crippen LogP) is 6.63. The third-order valence-electron chi connectivity index (χ3n) is 4.75. The summed E-state index contributed by atoms with van der Waals surface area (Å²) in [7, 11) is 0. The Balaban J connectivity index is 1.82. The lowest BCUT2D eigenvalue weighted by Crippen LogP contribution is -2.45. The van der Waals surface area contributed by atoms with Crippen LogP contribution in [0.1, 0.15) is 49.9 Å². The summed E-state index contributed by atoms with van der Waals surface area (Å²) >= 11 is 13.4. The van der Waals surface area contributed by atoms with Gasteiger partial charge >= 0.3 is 0 Å². The Morgan fingerprint density at radius 2 is 2.08 bits per heavy atom. The van der Waals surface area contributed by atoms with Crippen molar-refractivity contribution in [3.05, 3.63) is 51.4 Å². The van der Waals surface area contributed by atoms with Crippen LogP contribution in [0.25, 0.3) is 0 Å². The quantitative estimate of drug-likeness (QED) is 0.583. The van der Waals surface area contributed by atoms with E-state index in [9.17, 15) is 4.39 Å². The molecule has 1 heterocycles. The molecule has 0 spiro atoms. The van der Waals surface area contributed by atoms with E-state index >= 15 is 0 Å². The Labute approximate surface area is 163 Å². The number of benzene rings is 1. The number of halogens is 2. The average Bonchev–Trinajstić information content (AvgIpc) is 3.14. The predicted molar refractivity (Wildman–Crippen MR) is 109 cm³/mol. The van der Waals surface area contributed by atoms with Crippen LogP contribution in [0.4, 0.5) is 10.1 Å². The molecule has 1 aromatic carbocycles. The van der Waals surface area contributed by atoms with Crippen LogP contribution in [0, 0.1) is 5.82 Å². The van der Waals surface area contributed by atoms with E-state index in [-0.39, 0.29) is 11.1 Å². The number of anilines is 1. The average molecular weight is 397 g/mol. The summed E-state index contributed by atoms with van der Waals surface area (Å²) in [6, 6.07) is 9.48. The van der Waals surface area contributed by atoms with Crippen LogP contribution < -0.4 is 5.32 Å². The van der Waals surface area contributed by atoms with Crippen molar-refractivity contribution in [1.82, 2.24) is 4.90 Å². The van der Waals surface area contributed by atoms with Crippen LogP contribution in [0.15, 0.2) is 35.7 Å². The second-order valence-electron chi connectivity index (χ2n) is 6.45. The second-order valence-corrected chi connectivity index (χ2v) is 8.22. The molecule has 1 atom stereocenters. The molecule has 134 valence electrons. The molecule has 2 nitrogen and oxygen atoms in total. The van der Waals surface area contributed by atoms with Gasteiger partial charge in [0.25, 0.3) is 0 Å². The molecule has 0 unspecified atom stereocenters. The van der Waals surface area contributed by atoms with Crippen LogP contribution in [-0.2, 0) is 0 Å². The smallest absolute Gasteiger partial charge is 0.174 e. The first kappa shape index (κ1) is 18.6. The third-order valence-corrected chi connectivity index (χ3v) is 6.39. The molecule has 0 radical (unpaired) electrons. The molecule has 1 N–H and O–H groups in total. The second kappa shape index (κ2) is 8.47. The first-order valence-electron chi connectivity index (χ1n) is 8.64.